The van der Waals surface area contributed by atoms with Gasteiger partial charge in [0.05, 0.1) is 11.6 Å². The van der Waals surface area contributed by atoms with Gasteiger partial charge in [-0.2, -0.15) is 13.2 Å². The lowest BCUT2D eigenvalue weighted by atomic mass is 10.1. The molecule has 0 aliphatic carbocycles. The number of carbonyl (C=O) groups excluding carboxylic acids is 1. The van der Waals surface area contributed by atoms with Crippen LogP contribution in [0.1, 0.15) is 18.4 Å². The van der Waals surface area contributed by atoms with E-state index in [2.05, 4.69) is 10.6 Å². The van der Waals surface area contributed by atoms with Crippen LogP contribution in [0.5, 0.6) is 0 Å². The smallest absolute Gasteiger partial charge is 0.325 e. The van der Waals surface area contributed by atoms with E-state index in [9.17, 15) is 22.4 Å². The van der Waals surface area contributed by atoms with Crippen LogP contribution in [0.2, 0.25) is 0 Å². The third-order valence-corrected chi connectivity index (χ3v) is 2.92. The second kappa shape index (κ2) is 5.16. The van der Waals surface area contributed by atoms with Crippen molar-refractivity contribution in [3.63, 3.8) is 0 Å². The first-order valence-electron chi connectivity index (χ1n) is 5.79. The van der Waals surface area contributed by atoms with Crippen molar-refractivity contribution in [1.29, 1.82) is 0 Å². The molecule has 3 nitrogen and oxygen atoms in total. The van der Waals surface area contributed by atoms with Crippen LogP contribution < -0.4 is 10.6 Å². The highest BCUT2D eigenvalue weighted by atomic mass is 19.4. The molecule has 1 aliphatic rings. The number of nitrogens with one attached hydrogen (secondary N) is 2. The first kappa shape index (κ1) is 13.8. The second-order valence-electron chi connectivity index (χ2n) is 4.33. The van der Waals surface area contributed by atoms with Gasteiger partial charge in [-0.05, 0) is 37.6 Å². The van der Waals surface area contributed by atoms with E-state index in [1.165, 1.54) is 0 Å². The molecule has 19 heavy (non-hydrogen) atoms. The number of hydrogen-bond acceptors (Lipinski definition) is 2. The molecule has 2 rings (SSSR count). The van der Waals surface area contributed by atoms with E-state index in [-0.39, 0.29) is 5.69 Å². The monoisotopic (exact) mass is 276 g/mol. The van der Waals surface area contributed by atoms with Gasteiger partial charge in [0.1, 0.15) is 5.82 Å². The molecule has 0 bridgehead atoms. The lowest BCUT2D eigenvalue weighted by Crippen LogP contribution is -2.35. The highest BCUT2D eigenvalue weighted by Gasteiger charge is 2.34. The van der Waals surface area contributed by atoms with E-state index in [0.717, 1.165) is 12.5 Å². The van der Waals surface area contributed by atoms with Crippen molar-refractivity contribution in [2.24, 2.45) is 0 Å². The molecule has 0 radical (unpaired) electrons. The van der Waals surface area contributed by atoms with Crippen LogP contribution in [0.4, 0.5) is 23.2 Å². The minimum Gasteiger partial charge on any atom is -0.325 e. The van der Waals surface area contributed by atoms with Gasteiger partial charge in [0.25, 0.3) is 0 Å². The van der Waals surface area contributed by atoms with Crippen LogP contribution in [0.25, 0.3) is 0 Å². The minimum absolute atomic E-state index is 0.0626. The van der Waals surface area contributed by atoms with Gasteiger partial charge in [-0.25, -0.2) is 4.39 Å². The Morgan fingerprint density at radius 3 is 2.68 bits per heavy atom. The number of alkyl halides is 3. The number of halogens is 4. The first-order valence-corrected chi connectivity index (χ1v) is 5.79. The Labute approximate surface area is 107 Å². The molecule has 0 aromatic heterocycles. The number of rotatable bonds is 2. The van der Waals surface area contributed by atoms with Crippen molar-refractivity contribution in [3.8, 4) is 0 Å². The second-order valence-corrected chi connectivity index (χ2v) is 4.33. The third-order valence-electron chi connectivity index (χ3n) is 2.92. The molecule has 1 heterocycles. The van der Waals surface area contributed by atoms with E-state index in [1.54, 1.807) is 0 Å². The number of benzene rings is 1. The van der Waals surface area contributed by atoms with Gasteiger partial charge in [-0.1, -0.05) is 0 Å². The summed E-state index contributed by atoms with van der Waals surface area (Å²) in [5.74, 6) is -1.76. The van der Waals surface area contributed by atoms with Crippen LogP contribution in [0.3, 0.4) is 0 Å². The van der Waals surface area contributed by atoms with Crippen LogP contribution in [-0.4, -0.2) is 18.5 Å². The number of carbonyl (C=O) groups is 1. The zero-order chi connectivity index (χ0) is 14.0. The predicted octanol–water partition coefficient (Wildman–Crippen LogP) is 2.54. The summed E-state index contributed by atoms with van der Waals surface area (Å²) in [6, 6.07) is 2.00. The van der Waals surface area contributed by atoms with Crippen molar-refractivity contribution in [3.05, 3.63) is 29.6 Å². The van der Waals surface area contributed by atoms with E-state index in [1.807, 2.05) is 0 Å². The van der Waals surface area contributed by atoms with Gasteiger partial charge >= 0.3 is 6.18 Å². The molecule has 1 aromatic rings. The number of amides is 1. The molecule has 1 unspecified atom stereocenters. The normalized spacial score (nSPS) is 19.5. The van der Waals surface area contributed by atoms with Crippen LogP contribution in [0, 0.1) is 5.82 Å². The zero-order valence-corrected chi connectivity index (χ0v) is 9.85. The van der Waals surface area contributed by atoms with E-state index in [0.29, 0.717) is 25.1 Å². The fourth-order valence-electron chi connectivity index (χ4n) is 1.96. The third kappa shape index (κ3) is 3.23. The maximum atomic E-state index is 13.1. The zero-order valence-electron chi connectivity index (χ0n) is 9.85. The standard InChI is InChI=1S/C12H12F4N2O/c13-9-4-3-7(6-8(9)12(14,15)16)18-11(19)10-2-1-5-17-10/h3-4,6,10,17H,1-2,5H2,(H,18,19). The largest absolute Gasteiger partial charge is 0.419 e. The van der Waals surface area contributed by atoms with Gasteiger partial charge in [-0.3, -0.25) is 4.79 Å². The Bertz CT molecular complexity index is 481. The predicted molar refractivity (Wildman–Crippen MR) is 61.1 cm³/mol. The Morgan fingerprint density at radius 1 is 1.37 bits per heavy atom. The summed E-state index contributed by atoms with van der Waals surface area (Å²) < 4.78 is 50.6. The average molecular weight is 276 g/mol. The van der Waals surface area contributed by atoms with Crippen molar-refractivity contribution in [2.45, 2.75) is 25.1 Å². The van der Waals surface area contributed by atoms with Crippen molar-refractivity contribution in [2.75, 3.05) is 11.9 Å². The molecule has 0 spiro atoms. The fourth-order valence-corrected chi connectivity index (χ4v) is 1.96. The Balaban J connectivity index is 2.15. The summed E-state index contributed by atoms with van der Waals surface area (Å²) >= 11 is 0. The highest BCUT2D eigenvalue weighted by molar-refractivity contribution is 5.95. The molecule has 2 N–H and O–H groups in total. The van der Waals surface area contributed by atoms with Gasteiger partial charge < -0.3 is 10.6 Å². The molecule has 1 atom stereocenters. The number of anilines is 1. The summed E-state index contributed by atoms with van der Waals surface area (Å²) in [7, 11) is 0. The topological polar surface area (TPSA) is 41.1 Å². The van der Waals surface area contributed by atoms with Crippen molar-refractivity contribution in [1.82, 2.24) is 5.32 Å². The Morgan fingerprint density at radius 2 is 2.11 bits per heavy atom. The summed E-state index contributed by atoms with van der Waals surface area (Å²) in [5.41, 5.74) is -1.45. The molecule has 104 valence electrons. The molecule has 0 saturated carbocycles. The molecule has 1 saturated heterocycles. The first-order chi connectivity index (χ1) is 8.88. The minimum atomic E-state index is -4.78. The highest BCUT2D eigenvalue weighted by Crippen LogP contribution is 2.33. The summed E-state index contributed by atoms with van der Waals surface area (Å²) in [6.45, 7) is 0.704. The van der Waals surface area contributed by atoms with Crippen LogP contribution >= 0.6 is 0 Å². The molecule has 1 aliphatic heterocycles. The van der Waals surface area contributed by atoms with Gasteiger partial charge in [0.2, 0.25) is 5.91 Å². The SMILES string of the molecule is O=C(Nc1ccc(F)c(C(F)(F)F)c1)C1CCCN1. The molecular weight excluding hydrogens is 264 g/mol. The maximum Gasteiger partial charge on any atom is 0.419 e. The van der Waals surface area contributed by atoms with Crippen LogP contribution in [0.15, 0.2) is 18.2 Å². The summed E-state index contributed by atoms with van der Waals surface area (Å²) in [4.78, 5) is 11.7. The van der Waals surface area contributed by atoms with Crippen molar-refractivity contribution >= 4 is 11.6 Å². The van der Waals surface area contributed by atoms with Gasteiger partial charge in [-0.15, -0.1) is 0 Å². The van der Waals surface area contributed by atoms with E-state index >= 15 is 0 Å². The summed E-state index contributed by atoms with van der Waals surface area (Å²) in [5, 5.41) is 5.28. The molecule has 1 amide bonds. The summed E-state index contributed by atoms with van der Waals surface area (Å²) in [6.07, 6.45) is -3.30. The molecule has 1 aromatic carbocycles. The quantitative estimate of drug-likeness (QED) is 0.815. The fraction of sp³-hybridized carbons (Fsp3) is 0.417. The molecular formula is C12H12F4N2O. The lowest BCUT2D eigenvalue weighted by Gasteiger charge is -2.13. The molecule has 7 heteroatoms. The van der Waals surface area contributed by atoms with E-state index < -0.39 is 29.5 Å². The Hall–Kier alpha value is -1.63. The average Bonchev–Trinajstić information content (AvgIpc) is 2.83. The lowest BCUT2D eigenvalue weighted by molar-refractivity contribution is -0.140. The van der Waals surface area contributed by atoms with Crippen LogP contribution in [-0.2, 0) is 11.0 Å². The van der Waals surface area contributed by atoms with Gasteiger partial charge in [0, 0.05) is 5.69 Å². The van der Waals surface area contributed by atoms with Crippen molar-refractivity contribution < 1.29 is 22.4 Å². The van der Waals surface area contributed by atoms with Gasteiger partial charge in [0.15, 0.2) is 0 Å². The Kier molecular flexibility index (Phi) is 3.75. The maximum absolute atomic E-state index is 13.1. The van der Waals surface area contributed by atoms with E-state index in [4.69, 9.17) is 0 Å². The molecule has 1 fully saturated rings. The number of hydrogen-bond donors (Lipinski definition) is 2.